The van der Waals surface area contributed by atoms with Gasteiger partial charge in [0.25, 0.3) is 0 Å². The minimum absolute atomic E-state index is 0.292. The van der Waals surface area contributed by atoms with Crippen LogP contribution >= 0.6 is 0 Å². The first-order chi connectivity index (χ1) is 8.70. The molecule has 0 fully saturated rings. The van der Waals surface area contributed by atoms with Crippen LogP contribution in [0.3, 0.4) is 0 Å². The Bertz CT molecular complexity index is 404. The van der Waals surface area contributed by atoms with Gasteiger partial charge in [-0.2, -0.15) is 0 Å². The first kappa shape index (κ1) is 13.0. The van der Waals surface area contributed by atoms with Crippen molar-refractivity contribution in [3.05, 3.63) is 12.2 Å². The standard InChI is InChI=1S/C11H20N6O/c1-2-3-13-9(11(12)18)6-16-4-5-17-8-14-15-10(17)7-16/h8-9,13H,2-7H2,1H3,(H2,12,18). The molecule has 0 aromatic carbocycles. The van der Waals surface area contributed by atoms with Crippen molar-refractivity contribution in [2.24, 2.45) is 5.73 Å². The summed E-state index contributed by atoms with van der Waals surface area (Å²) in [5.74, 6) is 0.649. The Kier molecular flexibility index (Phi) is 4.27. The second-order valence-corrected chi connectivity index (χ2v) is 4.58. The fourth-order valence-electron chi connectivity index (χ4n) is 2.10. The zero-order valence-corrected chi connectivity index (χ0v) is 10.7. The van der Waals surface area contributed by atoms with Crippen LogP contribution in [0.25, 0.3) is 0 Å². The van der Waals surface area contributed by atoms with Gasteiger partial charge < -0.3 is 15.6 Å². The molecule has 0 radical (unpaired) electrons. The summed E-state index contributed by atoms with van der Waals surface area (Å²) in [5.41, 5.74) is 5.41. The zero-order chi connectivity index (χ0) is 13.0. The molecule has 1 aromatic rings. The van der Waals surface area contributed by atoms with Gasteiger partial charge in [0.1, 0.15) is 12.2 Å². The number of hydrogen-bond donors (Lipinski definition) is 2. The molecule has 100 valence electrons. The smallest absolute Gasteiger partial charge is 0.235 e. The molecule has 0 aliphatic carbocycles. The maximum absolute atomic E-state index is 11.4. The molecule has 1 aliphatic heterocycles. The quantitative estimate of drug-likeness (QED) is 0.674. The fourth-order valence-corrected chi connectivity index (χ4v) is 2.10. The maximum Gasteiger partial charge on any atom is 0.235 e. The maximum atomic E-state index is 11.4. The van der Waals surface area contributed by atoms with Crippen molar-refractivity contribution in [1.82, 2.24) is 25.0 Å². The Labute approximate surface area is 106 Å². The summed E-state index contributed by atoms with van der Waals surface area (Å²) in [7, 11) is 0. The molecular formula is C11H20N6O. The molecule has 7 nitrogen and oxygen atoms in total. The van der Waals surface area contributed by atoms with E-state index in [1.165, 1.54) is 0 Å². The van der Waals surface area contributed by atoms with Crippen molar-refractivity contribution in [2.45, 2.75) is 32.5 Å². The highest BCUT2D eigenvalue weighted by Crippen LogP contribution is 2.09. The van der Waals surface area contributed by atoms with Crippen LogP contribution in [0.2, 0.25) is 0 Å². The van der Waals surface area contributed by atoms with E-state index in [9.17, 15) is 4.79 Å². The van der Waals surface area contributed by atoms with Gasteiger partial charge in [-0.05, 0) is 13.0 Å². The number of carbonyl (C=O) groups excluding carboxylic acids is 1. The fraction of sp³-hybridized carbons (Fsp3) is 0.727. The largest absolute Gasteiger partial charge is 0.368 e. The summed E-state index contributed by atoms with van der Waals surface area (Å²) in [4.78, 5) is 13.6. The topological polar surface area (TPSA) is 89.1 Å². The number of hydrogen-bond acceptors (Lipinski definition) is 5. The van der Waals surface area contributed by atoms with Crippen molar-refractivity contribution in [3.63, 3.8) is 0 Å². The molecule has 7 heteroatoms. The number of nitrogens with two attached hydrogens (primary N) is 1. The lowest BCUT2D eigenvalue weighted by molar-refractivity contribution is -0.120. The Balaban J connectivity index is 1.90. The van der Waals surface area contributed by atoms with E-state index in [2.05, 4.69) is 27.3 Å². The molecule has 1 amide bonds. The number of nitrogens with one attached hydrogen (secondary N) is 1. The normalized spacial score (nSPS) is 17.4. The molecule has 1 unspecified atom stereocenters. The number of amides is 1. The van der Waals surface area contributed by atoms with Gasteiger partial charge in [-0.15, -0.1) is 10.2 Å². The molecule has 1 atom stereocenters. The second kappa shape index (κ2) is 5.92. The van der Waals surface area contributed by atoms with Crippen molar-refractivity contribution in [1.29, 1.82) is 0 Å². The lowest BCUT2D eigenvalue weighted by atomic mass is 10.2. The summed E-state index contributed by atoms with van der Waals surface area (Å²) >= 11 is 0. The molecular weight excluding hydrogens is 232 g/mol. The number of rotatable bonds is 6. The average Bonchev–Trinajstić information content (AvgIpc) is 2.81. The van der Waals surface area contributed by atoms with Crippen LogP contribution in [0.5, 0.6) is 0 Å². The zero-order valence-electron chi connectivity index (χ0n) is 10.7. The summed E-state index contributed by atoms with van der Waals surface area (Å²) in [6.45, 7) is 5.97. The third kappa shape index (κ3) is 3.05. The molecule has 0 spiro atoms. The molecule has 2 heterocycles. The Hall–Kier alpha value is -1.47. The van der Waals surface area contributed by atoms with Crippen molar-refractivity contribution < 1.29 is 4.79 Å². The summed E-state index contributed by atoms with van der Waals surface area (Å²) in [6, 6.07) is -0.292. The van der Waals surface area contributed by atoms with Crippen molar-refractivity contribution in [3.8, 4) is 0 Å². The number of aromatic nitrogens is 3. The van der Waals surface area contributed by atoms with Crippen LogP contribution in [0.15, 0.2) is 6.33 Å². The van der Waals surface area contributed by atoms with Crippen LogP contribution in [-0.2, 0) is 17.9 Å². The molecule has 2 rings (SSSR count). The lowest BCUT2D eigenvalue weighted by Crippen LogP contribution is -2.50. The highest BCUT2D eigenvalue weighted by atomic mass is 16.1. The van der Waals surface area contributed by atoms with Crippen LogP contribution in [0.1, 0.15) is 19.2 Å². The number of nitrogens with zero attached hydrogens (tertiary/aromatic N) is 4. The highest BCUT2D eigenvalue weighted by molar-refractivity contribution is 5.80. The van der Waals surface area contributed by atoms with Crippen LogP contribution in [0.4, 0.5) is 0 Å². The Morgan fingerprint density at radius 2 is 2.44 bits per heavy atom. The van der Waals surface area contributed by atoms with E-state index < -0.39 is 0 Å². The molecule has 0 bridgehead atoms. The first-order valence-corrected chi connectivity index (χ1v) is 6.32. The molecule has 1 aromatic heterocycles. The minimum atomic E-state index is -0.296. The lowest BCUT2D eigenvalue weighted by Gasteiger charge is -2.29. The average molecular weight is 252 g/mol. The minimum Gasteiger partial charge on any atom is -0.368 e. The van der Waals surface area contributed by atoms with Gasteiger partial charge in [0.05, 0.1) is 12.6 Å². The van der Waals surface area contributed by atoms with Gasteiger partial charge in [0.2, 0.25) is 5.91 Å². The van der Waals surface area contributed by atoms with E-state index in [4.69, 9.17) is 5.73 Å². The molecule has 0 saturated carbocycles. The Morgan fingerprint density at radius 1 is 1.61 bits per heavy atom. The SMILES string of the molecule is CCCNC(CN1CCn2cnnc2C1)C(N)=O. The summed E-state index contributed by atoms with van der Waals surface area (Å²) in [5, 5.41) is 11.1. The van der Waals surface area contributed by atoms with Gasteiger partial charge in [-0.1, -0.05) is 6.92 Å². The van der Waals surface area contributed by atoms with Crippen molar-refractivity contribution >= 4 is 5.91 Å². The Morgan fingerprint density at radius 3 is 3.17 bits per heavy atom. The van der Waals surface area contributed by atoms with E-state index in [1.807, 2.05) is 4.57 Å². The molecule has 3 N–H and O–H groups in total. The molecule has 18 heavy (non-hydrogen) atoms. The van der Waals surface area contributed by atoms with Gasteiger partial charge in [-0.25, -0.2) is 0 Å². The molecule has 1 aliphatic rings. The van der Waals surface area contributed by atoms with Gasteiger partial charge in [0, 0.05) is 19.6 Å². The highest BCUT2D eigenvalue weighted by Gasteiger charge is 2.22. The van der Waals surface area contributed by atoms with Gasteiger partial charge in [0.15, 0.2) is 0 Å². The van der Waals surface area contributed by atoms with Gasteiger partial charge in [-0.3, -0.25) is 9.69 Å². The van der Waals surface area contributed by atoms with E-state index in [0.717, 1.165) is 38.4 Å². The molecule has 0 saturated heterocycles. The number of fused-ring (bicyclic) bond motifs is 1. The van der Waals surface area contributed by atoms with E-state index >= 15 is 0 Å². The third-order valence-electron chi connectivity index (χ3n) is 3.14. The van der Waals surface area contributed by atoms with Crippen LogP contribution < -0.4 is 11.1 Å². The third-order valence-corrected chi connectivity index (χ3v) is 3.14. The van der Waals surface area contributed by atoms with Crippen LogP contribution in [0, 0.1) is 0 Å². The monoisotopic (exact) mass is 252 g/mol. The summed E-state index contributed by atoms with van der Waals surface area (Å²) < 4.78 is 2.04. The van der Waals surface area contributed by atoms with Crippen molar-refractivity contribution in [2.75, 3.05) is 19.6 Å². The van der Waals surface area contributed by atoms with E-state index in [1.54, 1.807) is 6.33 Å². The first-order valence-electron chi connectivity index (χ1n) is 6.32. The predicted octanol–water partition coefficient (Wildman–Crippen LogP) is -1.05. The number of carbonyl (C=O) groups is 1. The van der Waals surface area contributed by atoms with E-state index in [-0.39, 0.29) is 11.9 Å². The van der Waals surface area contributed by atoms with Crippen LogP contribution in [-0.4, -0.2) is 51.2 Å². The van der Waals surface area contributed by atoms with Gasteiger partial charge >= 0.3 is 0 Å². The summed E-state index contributed by atoms with van der Waals surface area (Å²) in [6.07, 6.45) is 2.73. The number of primary amides is 1. The predicted molar refractivity (Wildman–Crippen MR) is 66.6 cm³/mol. The van der Waals surface area contributed by atoms with E-state index in [0.29, 0.717) is 6.54 Å². The second-order valence-electron chi connectivity index (χ2n) is 4.58.